The predicted octanol–water partition coefficient (Wildman–Crippen LogP) is 4.45. The molecule has 2 aromatic rings. The summed E-state index contributed by atoms with van der Waals surface area (Å²) in [6.07, 6.45) is 3.39. The number of esters is 1. The molecule has 0 radical (unpaired) electrons. The average molecular weight is 394 g/mol. The van der Waals surface area contributed by atoms with Crippen LogP contribution >= 0.6 is 27.5 Å². The summed E-state index contributed by atoms with van der Waals surface area (Å²) in [5.74, 6) is -1.24. The number of hydrogen-bond acceptors (Lipinski definition) is 4. The van der Waals surface area contributed by atoms with Gasteiger partial charge in [-0.2, -0.15) is 5.26 Å². The minimum Gasteiger partial charge on any atom is -0.469 e. The maximum absolute atomic E-state index is 11.8. The van der Waals surface area contributed by atoms with Crippen molar-refractivity contribution in [1.82, 2.24) is 4.98 Å². The molecule has 0 aliphatic carbocycles. The highest BCUT2D eigenvalue weighted by molar-refractivity contribution is 9.10. The molecule has 0 N–H and O–H groups in total. The highest BCUT2D eigenvalue weighted by Crippen LogP contribution is 2.36. The van der Waals surface area contributed by atoms with Crippen molar-refractivity contribution < 1.29 is 9.53 Å². The summed E-state index contributed by atoms with van der Waals surface area (Å²) in [6.45, 7) is 0. The van der Waals surface area contributed by atoms with Gasteiger partial charge in [0.15, 0.2) is 0 Å². The van der Waals surface area contributed by atoms with Crippen LogP contribution in [0.25, 0.3) is 0 Å². The Morgan fingerprint density at radius 2 is 2.04 bits per heavy atom. The van der Waals surface area contributed by atoms with Gasteiger partial charge < -0.3 is 4.74 Å². The third kappa shape index (κ3) is 4.54. The molecule has 1 heterocycles. The van der Waals surface area contributed by atoms with Gasteiger partial charge in [-0.3, -0.25) is 9.78 Å². The summed E-state index contributed by atoms with van der Waals surface area (Å²) in [7, 11) is 1.34. The first kappa shape index (κ1) is 17.5. The number of rotatable bonds is 5. The zero-order valence-corrected chi connectivity index (χ0v) is 14.7. The molecule has 0 spiro atoms. The molecule has 23 heavy (non-hydrogen) atoms. The Hall–Kier alpha value is -1.90. The number of halogens is 2. The minimum absolute atomic E-state index is 0.100. The number of aromatic nitrogens is 1. The van der Waals surface area contributed by atoms with Crippen LogP contribution in [0.2, 0.25) is 5.02 Å². The Bertz CT molecular complexity index is 728. The van der Waals surface area contributed by atoms with E-state index >= 15 is 0 Å². The summed E-state index contributed by atoms with van der Waals surface area (Å²) in [5, 5.41) is 10.3. The molecule has 0 bridgehead atoms. The number of carbonyl (C=O) groups excluding carboxylic acids is 1. The van der Waals surface area contributed by atoms with Crippen molar-refractivity contribution in [2.45, 2.75) is 18.3 Å². The molecule has 6 heteroatoms. The van der Waals surface area contributed by atoms with E-state index in [9.17, 15) is 10.1 Å². The second-order valence-electron chi connectivity index (χ2n) is 4.98. The fourth-order valence-corrected chi connectivity index (χ4v) is 2.90. The predicted molar refractivity (Wildman–Crippen MR) is 91.1 cm³/mol. The molecular formula is C17H14BrClN2O2. The van der Waals surface area contributed by atoms with Crippen molar-refractivity contribution in [2.24, 2.45) is 0 Å². The summed E-state index contributed by atoms with van der Waals surface area (Å²) in [4.78, 5) is 15.9. The lowest BCUT2D eigenvalue weighted by molar-refractivity contribution is -0.141. The first-order valence-electron chi connectivity index (χ1n) is 6.87. The van der Waals surface area contributed by atoms with Gasteiger partial charge in [0.25, 0.3) is 0 Å². The van der Waals surface area contributed by atoms with Crippen LogP contribution in [0, 0.1) is 11.3 Å². The standard InChI is InChI=1S/C17H14BrClN2O2/c1-23-17(22)7-15(11-2-4-14(19)5-3-11)16(8-20)12-6-13(18)10-21-9-12/h2-6,9-10,15-16H,7H2,1H3/t15-,16-/m0/s1. The maximum atomic E-state index is 11.8. The summed E-state index contributed by atoms with van der Waals surface area (Å²) < 4.78 is 5.56. The highest BCUT2D eigenvalue weighted by atomic mass is 79.9. The van der Waals surface area contributed by atoms with Crippen LogP contribution < -0.4 is 0 Å². The van der Waals surface area contributed by atoms with Gasteiger partial charge in [0, 0.05) is 27.8 Å². The second kappa shape index (κ2) is 8.09. The second-order valence-corrected chi connectivity index (χ2v) is 6.33. The zero-order chi connectivity index (χ0) is 16.8. The molecule has 2 rings (SSSR count). The number of benzene rings is 1. The van der Waals surface area contributed by atoms with Gasteiger partial charge in [0.05, 0.1) is 25.5 Å². The Morgan fingerprint density at radius 3 is 2.61 bits per heavy atom. The van der Waals surface area contributed by atoms with E-state index in [4.69, 9.17) is 16.3 Å². The lowest BCUT2D eigenvalue weighted by Crippen LogP contribution is -2.16. The van der Waals surface area contributed by atoms with Crippen LogP contribution in [-0.2, 0) is 9.53 Å². The van der Waals surface area contributed by atoms with Crippen molar-refractivity contribution in [1.29, 1.82) is 5.26 Å². The van der Waals surface area contributed by atoms with Gasteiger partial charge in [-0.1, -0.05) is 23.7 Å². The molecule has 118 valence electrons. The molecule has 1 aromatic heterocycles. The van der Waals surface area contributed by atoms with E-state index in [1.54, 1.807) is 24.5 Å². The van der Waals surface area contributed by atoms with Gasteiger partial charge in [-0.25, -0.2) is 0 Å². The fraction of sp³-hybridized carbons (Fsp3) is 0.235. The normalized spacial score (nSPS) is 13.0. The Kier molecular flexibility index (Phi) is 6.14. The van der Waals surface area contributed by atoms with E-state index in [0.717, 1.165) is 15.6 Å². The highest BCUT2D eigenvalue weighted by Gasteiger charge is 2.28. The monoisotopic (exact) mass is 392 g/mol. The fourth-order valence-electron chi connectivity index (χ4n) is 2.40. The SMILES string of the molecule is COC(=O)C[C@@H](c1ccc(Cl)cc1)[C@@H](C#N)c1cncc(Br)c1. The molecule has 1 aromatic carbocycles. The van der Waals surface area contributed by atoms with E-state index in [-0.39, 0.29) is 18.3 Å². The first-order chi connectivity index (χ1) is 11.0. The zero-order valence-electron chi connectivity index (χ0n) is 12.4. The molecule has 0 saturated carbocycles. The average Bonchev–Trinajstić information content (AvgIpc) is 2.55. The number of ether oxygens (including phenoxy) is 1. The quantitative estimate of drug-likeness (QED) is 0.704. The Balaban J connectivity index is 2.44. The van der Waals surface area contributed by atoms with Crippen LogP contribution in [0.4, 0.5) is 0 Å². The number of nitriles is 1. The van der Waals surface area contributed by atoms with Gasteiger partial charge in [0.2, 0.25) is 0 Å². The molecule has 0 unspecified atom stereocenters. The molecular weight excluding hydrogens is 380 g/mol. The smallest absolute Gasteiger partial charge is 0.306 e. The molecule has 0 fully saturated rings. The third-order valence-corrected chi connectivity index (χ3v) is 4.22. The van der Waals surface area contributed by atoms with Crippen molar-refractivity contribution in [2.75, 3.05) is 7.11 Å². The molecule has 2 atom stereocenters. The lowest BCUT2D eigenvalue weighted by Gasteiger charge is -2.22. The number of hydrogen-bond donors (Lipinski definition) is 0. The number of methoxy groups -OCH3 is 1. The van der Waals surface area contributed by atoms with Crippen LogP contribution in [0.5, 0.6) is 0 Å². The third-order valence-electron chi connectivity index (χ3n) is 3.54. The lowest BCUT2D eigenvalue weighted by atomic mass is 9.81. The summed E-state index contributed by atoms with van der Waals surface area (Å²) in [5.41, 5.74) is 1.59. The van der Waals surface area contributed by atoms with Gasteiger partial charge in [-0.15, -0.1) is 0 Å². The van der Waals surface area contributed by atoms with E-state index in [1.807, 2.05) is 18.2 Å². The van der Waals surface area contributed by atoms with Crippen LogP contribution in [0.15, 0.2) is 47.2 Å². The minimum atomic E-state index is -0.528. The van der Waals surface area contributed by atoms with Gasteiger partial charge in [-0.05, 0) is 45.3 Å². The van der Waals surface area contributed by atoms with Crippen molar-refractivity contribution in [3.63, 3.8) is 0 Å². The Morgan fingerprint density at radius 1 is 1.35 bits per heavy atom. The van der Waals surface area contributed by atoms with Crippen molar-refractivity contribution >= 4 is 33.5 Å². The van der Waals surface area contributed by atoms with Crippen LogP contribution in [-0.4, -0.2) is 18.1 Å². The van der Waals surface area contributed by atoms with E-state index in [1.165, 1.54) is 7.11 Å². The largest absolute Gasteiger partial charge is 0.469 e. The first-order valence-corrected chi connectivity index (χ1v) is 8.04. The van der Waals surface area contributed by atoms with Gasteiger partial charge >= 0.3 is 5.97 Å². The van der Waals surface area contributed by atoms with Gasteiger partial charge in [0.1, 0.15) is 0 Å². The van der Waals surface area contributed by atoms with E-state index in [0.29, 0.717) is 5.02 Å². The molecule has 4 nitrogen and oxygen atoms in total. The number of carbonyl (C=O) groups is 1. The van der Waals surface area contributed by atoms with Crippen molar-refractivity contribution in [3.8, 4) is 6.07 Å². The molecule has 0 saturated heterocycles. The number of pyridine rings is 1. The van der Waals surface area contributed by atoms with E-state index in [2.05, 4.69) is 27.0 Å². The molecule has 0 aliphatic rings. The molecule has 0 aliphatic heterocycles. The van der Waals surface area contributed by atoms with Crippen LogP contribution in [0.1, 0.15) is 29.4 Å². The van der Waals surface area contributed by atoms with Crippen molar-refractivity contribution in [3.05, 3.63) is 63.3 Å². The summed E-state index contributed by atoms with van der Waals surface area (Å²) in [6, 6.07) is 11.3. The number of nitrogens with zero attached hydrogens (tertiary/aromatic N) is 2. The van der Waals surface area contributed by atoms with E-state index < -0.39 is 5.92 Å². The molecule has 0 amide bonds. The Labute approximate surface area is 148 Å². The summed E-state index contributed by atoms with van der Waals surface area (Å²) >= 11 is 9.29. The van der Waals surface area contributed by atoms with Crippen LogP contribution in [0.3, 0.4) is 0 Å². The maximum Gasteiger partial charge on any atom is 0.306 e. The topological polar surface area (TPSA) is 63.0 Å².